The molecule has 0 bridgehead atoms. The molecule has 0 N–H and O–H groups in total. The number of nitrogens with zero attached hydrogens (tertiary/aromatic N) is 1. The molecule has 1 nitrogen and oxygen atoms in total. The summed E-state index contributed by atoms with van der Waals surface area (Å²) in [5.74, 6) is 0.852. The van der Waals surface area contributed by atoms with Crippen LogP contribution in [0, 0.1) is 40.7 Å². The summed E-state index contributed by atoms with van der Waals surface area (Å²) in [4.78, 5) is 0. The maximum Gasteiger partial charge on any atom is 0.144 e. The van der Waals surface area contributed by atoms with E-state index in [2.05, 4.69) is 18.7 Å². The van der Waals surface area contributed by atoms with Gasteiger partial charge < -0.3 is 0 Å². The van der Waals surface area contributed by atoms with Gasteiger partial charge in [0.2, 0.25) is 0 Å². The predicted octanol–water partition coefficient (Wildman–Crippen LogP) is 7.05. The normalized spacial score (nSPS) is 28.8. The van der Waals surface area contributed by atoms with E-state index in [1.807, 2.05) is 6.08 Å². The molecule has 0 heterocycles. The molecule has 0 atom stereocenters. The van der Waals surface area contributed by atoms with Crippen molar-refractivity contribution in [2.75, 3.05) is 0 Å². The lowest BCUT2D eigenvalue weighted by molar-refractivity contribution is 0.310. The molecule has 0 aliphatic heterocycles. The fourth-order valence-corrected chi connectivity index (χ4v) is 4.75. The minimum atomic E-state index is -0.735. The van der Waals surface area contributed by atoms with Crippen LogP contribution in [0.1, 0.15) is 74.8 Å². The third-order valence-corrected chi connectivity index (χ3v) is 6.47. The van der Waals surface area contributed by atoms with Gasteiger partial charge in [0.25, 0.3) is 0 Å². The summed E-state index contributed by atoms with van der Waals surface area (Å²) >= 11 is 0. The smallest absolute Gasteiger partial charge is 0.144 e. The van der Waals surface area contributed by atoms with E-state index >= 15 is 0 Å². The Morgan fingerprint density at radius 1 is 0.926 bits per heavy atom. The molecule has 2 fully saturated rings. The summed E-state index contributed by atoms with van der Waals surface area (Å²) in [7, 11) is 0. The Morgan fingerprint density at radius 3 is 1.93 bits per heavy atom. The number of hydrogen-bond acceptors (Lipinski definition) is 1. The molecule has 0 aromatic heterocycles. The van der Waals surface area contributed by atoms with Crippen LogP contribution in [0.5, 0.6) is 0 Å². The Balaban J connectivity index is 1.49. The van der Waals surface area contributed by atoms with Crippen LogP contribution in [-0.2, 0) is 0 Å². The quantitative estimate of drug-likeness (QED) is 0.510. The SMILES string of the molecule is C=CC[C@H]1CC[C@H](C=C[C@H]2CC[C@H](c3cc(F)c(C#N)c(F)c3)CC2)CC1. The zero-order valence-corrected chi connectivity index (χ0v) is 16.0. The molecule has 0 saturated heterocycles. The van der Waals surface area contributed by atoms with Crippen LogP contribution in [0.4, 0.5) is 8.78 Å². The van der Waals surface area contributed by atoms with Crippen molar-refractivity contribution in [3.8, 4) is 6.07 Å². The van der Waals surface area contributed by atoms with Crippen molar-refractivity contribution in [1.82, 2.24) is 0 Å². The largest absolute Gasteiger partial charge is 0.205 e. The van der Waals surface area contributed by atoms with Crippen LogP contribution in [-0.4, -0.2) is 0 Å². The number of benzene rings is 1. The van der Waals surface area contributed by atoms with E-state index in [0.29, 0.717) is 17.4 Å². The minimum absolute atomic E-state index is 0.195. The zero-order valence-electron chi connectivity index (χ0n) is 16.0. The molecule has 0 amide bonds. The highest BCUT2D eigenvalue weighted by Crippen LogP contribution is 2.38. The van der Waals surface area contributed by atoms with Crippen molar-refractivity contribution in [2.45, 2.75) is 63.7 Å². The van der Waals surface area contributed by atoms with Gasteiger partial charge in [-0.1, -0.05) is 18.2 Å². The first kappa shape index (κ1) is 19.8. The first-order valence-corrected chi connectivity index (χ1v) is 10.3. The Morgan fingerprint density at radius 2 is 1.44 bits per heavy atom. The predicted molar refractivity (Wildman–Crippen MR) is 105 cm³/mol. The van der Waals surface area contributed by atoms with Gasteiger partial charge >= 0.3 is 0 Å². The summed E-state index contributed by atoms with van der Waals surface area (Å²) in [5.41, 5.74) is 0.227. The van der Waals surface area contributed by atoms with Crippen LogP contribution in [0.25, 0.3) is 0 Å². The number of halogens is 2. The highest BCUT2D eigenvalue weighted by atomic mass is 19.1. The molecule has 27 heavy (non-hydrogen) atoms. The highest BCUT2D eigenvalue weighted by molar-refractivity contribution is 5.36. The Kier molecular flexibility index (Phi) is 6.83. The van der Waals surface area contributed by atoms with E-state index in [1.165, 1.54) is 37.8 Å². The molecular formula is C24H29F2N. The van der Waals surface area contributed by atoms with Crippen molar-refractivity contribution >= 4 is 0 Å². The summed E-state index contributed by atoms with van der Waals surface area (Å²) < 4.78 is 27.7. The van der Waals surface area contributed by atoms with Crippen molar-refractivity contribution in [1.29, 1.82) is 5.26 Å². The van der Waals surface area contributed by atoms with E-state index in [9.17, 15) is 8.78 Å². The van der Waals surface area contributed by atoms with Gasteiger partial charge in [0, 0.05) is 0 Å². The average molecular weight is 369 g/mol. The van der Waals surface area contributed by atoms with Crippen LogP contribution in [0.3, 0.4) is 0 Å². The minimum Gasteiger partial charge on any atom is -0.205 e. The van der Waals surface area contributed by atoms with Crippen LogP contribution in [0.15, 0.2) is 36.9 Å². The second-order valence-electron chi connectivity index (χ2n) is 8.27. The van der Waals surface area contributed by atoms with Gasteiger partial charge in [0.1, 0.15) is 23.3 Å². The molecule has 2 aliphatic carbocycles. The van der Waals surface area contributed by atoms with Crippen molar-refractivity contribution < 1.29 is 8.78 Å². The molecule has 0 radical (unpaired) electrons. The van der Waals surface area contributed by atoms with Gasteiger partial charge in [-0.25, -0.2) is 8.78 Å². The lowest BCUT2D eigenvalue weighted by Crippen LogP contribution is -2.14. The average Bonchev–Trinajstić information content (AvgIpc) is 2.68. The van der Waals surface area contributed by atoms with Crippen LogP contribution < -0.4 is 0 Å². The third kappa shape index (κ3) is 5.06. The second-order valence-corrected chi connectivity index (χ2v) is 8.27. The van der Waals surface area contributed by atoms with Gasteiger partial charge in [0.15, 0.2) is 0 Å². The summed E-state index contributed by atoms with van der Waals surface area (Å²) in [6.45, 7) is 3.85. The lowest BCUT2D eigenvalue weighted by Gasteiger charge is -2.29. The second kappa shape index (κ2) is 9.31. The van der Waals surface area contributed by atoms with Gasteiger partial charge in [-0.05, 0) is 99.2 Å². The molecule has 1 aromatic carbocycles. The van der Waals surface area contributed by atoms with Crippen LogP contribution in [0.2, 0.25) is 0 Å². The van der Waals surface area contributed by atoms with Gasteiger partial charge in [-0.15, -0.1) is 6.58 Å². The number of rotatable bonds is 5. The molecular weight excluding hydrogens is 340 g/mol. The molecule has 144 valence electrons. The standard InChI is InChI=1S/C24H29F2N/c1-2-3-17-4-6-18(7-5-17)8-9-19-10-12-20(13-11-19)21-14-23(25)22(16-27)24(26)15-21/h2,8-9,14-15,17-20H,1,3-7,10-13H2/t17-,18-,19-,20-. The fourth-order valence-electron chi connectivity index (χ4n) is 4.75. The first-order valence-electron chi connectivity index (χ1n) is 10.3. The topological polar surface area (TPSA) is 23.8 Å². The van der Waals surface area contributed by atoms with Crippen molar-refractivity contribution in [3.63, 3.8) is 0 Å². The Labute approximate surface area is 161 Å². The van der Waals surface area contributed by atoms with E-state index < -0.39 is 17.2 Å². The first-order chi connectivity index (χ1) is 13.1. The lowest BCUT2D eigenvalue weighted by atomic mass is 9.77. The summed E-state index contributed by atoms with van der Waals surface area (Å²) in [5, 5.41) is 8.80. The molecule has 0 spiro atoms. The van der Waals surface area contributed by atoms with Crippen molar-refractivity contribution in [3.05, 3.63) is 59.7 Å². The molecule has 0 unspecified atom stereocenters. The van der Waals surface area contributed by atoms with E-state index in [-0.39, 0.29) is 5.92 Å². The van der Waals surface area contributed by atoms with Crippen molar-refractivity contribution in [2.24, 2.45) is 17.8 Å². The maximum atomic E-state index is 13.9. The molecule has 3 heteroatoms. The molecule has 2 saturated carbocycles. The maximum absolute atomic E-state index is 13.9. The van der Waals surface area contributed by atoms with Gasteiger partial charge in [0.05, 0.1) is 0 Å². The van der Waals surface area contributed by atoms with E-state index in [1.54, 1.807) is 6.07 Å². The van der Waals surface area contributed by atoms with Gasteiger partial charge in [-0.3, -0.25) is 0 Å². The number of hydrogen-bond donors (Lipinski definition) is 0. The monoisotopic (exact) mass is 369 g/mol. The van der Waals surface area contributed by atoms with E-state index in [4.69, 9.17) is 5.26 Å². The number of nitriles is 1. The zero-order chi connectivity index (χ0) is 19.2. The molecule has 1 aromatic rings. The molecule has 3 rings (SSSR count). The Hall–Kier alpha value is -1.95. The Bertz CT molecular complexity index is 691. The molecule has 2 aliphatic rings. The third-order valence-electron chi connectivity index (χ3n) is 6.47. The summed E-state index contributed by atoms with van der Waals surface area (Å²) in [6, 6.07) is 4.30. The van der Waals surface area contributed by atoms with Gasteiger partial charge in [-0.2, -0.15) is 5.26 Å². The highest BCUT2D eigenvalue weighted by Gasteiger charge is 2.24. The number of allylic oxidation sites excluding steroid dienone is 3. The fraction of sp³-hybridized carbons (Fsp3) is 0.542. The van der Waals surface area contributed by atoms with Crippen LogP contribution >= 0.6 is 0 Å². The summed E-state index contributed by atoms with van der Waals surface area (Å²) in [6.07, 6.45) is 17.2. The van der Waals surface area contributed by atoms with E-state index in [0.717, 1.165) is 38.0 Å².